The van der Waals surface area contributed by atoms with E-state index in [0.717, 1.165) is 17.6 Å². The van der Waals surface area contributed by atoms with Gasteiger partial charge in [0.25, 0.3) is 0 Å². The van der Waals surface area contributed by atoms with Crippen molar-refractivity contribution in [2.24, 2.45) is 5.73 Å². The standard InChI is InChI=1S/C14H22N2O4S/c1-3-20-12-6-4-5-11(9-12)10-16-14(17)13(15)7-8-21(2,18)19/h4-6,9,13H,3,7-8,10,15H2,1-2H3,(H,16,17). The zero-order valence-corrected chi connectivity index (χ0v) is 13.2. The Balaban J connectivity index is 2.46. The average Bonchev–Trinajstić information content (AvgIpc) is 2.42. The molecule has 0 saturated carbocycles. The van der Waals surface area contributed by atoms with Gasteiger partial charge in [-0.25, -0.2) is 8.42 Å². The van der Waals surface area contributed by atoms with E-state index in [9.17, 15) is 13.2 Å². The van der Waals surface area contributed by atoms with Crippen molar-refractivity contribution >= 4 is 15.7 Å². The molecule has 1 unspecified atom stereocenters. The largest absolute Gasteiger partial charge is 0.494 e. The molecule has 7 heteroatoms. The summed E-state index contributed by atoms with van der Waals surface area (Å²) in [5.41, 5.74) is 6.56. The van der Waals surface area contributed by atoms with Crippen LogP contribution in [0.2, 0.25) is 0 Å². The zero-order valence-electron chi connectivity index (χ0n) is 12.3. The van der Waals surface area contributed by atoms with Crippen LogP contribution in [0.25, 0.3) is 0 Å². The quantitative estimate of drug-likeness (QED) is 0.726. The Morgan fingerprint density at radius 2 is 2.14 bits per heavy atom. The van der Waals surface area contributed by atoms with Crippen LogP contribution in [0.5, 0.6) is 5.75 Å². The predicted octanol–water partition coefficient (Wildman–Crippen LogP) is 0.464. The fraction of sp³-hybridized carbons (Fsp3) is 0.500. The van der Waals surface area contributed by atoms with Crippen molar-refractivity contribution in [3.05, 3.63) is 29.8 Å². The number of hydrogen-bond donors (Lipinski definition) is 2. The summed E-state index contributed by atoms with van der Waals surface area (Å²) in [6.45, 7) is 2.80. The van der Waals surface area contributed by atoms with Gasteiger partial charge >= 0.3 is 0 Å². The maximum absolute atomic E-state index is 11.8. The molecule has 0 aromatic heterocycles. The van der Waals surface area contributed by atoms with Gasteiger partial charge in [-0.1, -0.05) is 12.1 Å². The summed E-state index contributed by atoms with van der Waals surface area (Å²) in [6.07, 6.45) is 1.24. The number of rotatable bonds is 8. The lowest BCUT2D eigenvalue weighted by Gasteiger charge is -2.12. The van der Waals surface area contributed by atoms with Gasteiger partial charge in [0.15, 0.2) is 0 Å². The van der Waals surface area contributed by atoms with Gasteiger partial charge in [-0.15, -0.1) is 0 Å². The number of sulfone groups is 1. The molecular formula is C14H22N2O4S. The third-order valence-corrected chi connectivity index (χ3v) is 3.79. The molecule has 0 aliphatic rings. The zero-order chi connectivity index (χ0) is 15.9. The van der Waals surface area contributed by atoms with Gasteiger partial charge in [-0.2, -0.15) is 0 Å². The molecular weight excluding hydrogens is 292 g/mol. The van der Waals surface area contributed by atoms with Crippen molar-refractivity contribution in [2.75, 3.05) is 18.6 Å². The fourth-order valence-corrected chi connectivity index (χ4v) is 2.39. The molecule has 3 N–H and O–H groups in total. The first-order chi connectivity index (χ1) is 9.81. The normalized spacial score (nSPS) is 12.7. The summed E-state index contributed by atoms with van der Waals surface area (Å²) in [5, 5.41) is 2.69. The molecule has 1 amide bonds. The van der Waals surface area contributed by atoms with E-state index in [0.29, 0.717) is 13.2 Å². The second kappa shape index (κ2) is 7.99. The first-order valence-corrected chi connectivity index (χ1v) is 8.80. The van der Waals surface area contributed by atoms with Crippen molar-refractivity contribution in [3.63, 3.8) is 0 Å². The number of hydrogen-bond acceptors (Lipinski definition) is 5. The van der Waals surface area contributed by atoms with Crippen LogP contribution in [0.1, 0.15) is 18.9 Å². The first-order valence-electron chi connectivity index (χ1n) is 6.74. The van der Waals surface area contributed by atoms with Gasteiger partial charge < -0.3 is 15.8 Å². The highest BCUT2D eigenvalue weighted by molar-refractivity contribution is 7.90. The van der Waals surface area contributed by atoms with E-state index in [4.69, 9.17) is 10.5 Å². The summed E-state index contributed by atoms with van der Waals surface area (Å²) in [7, 11) is -3.11. The minimum absolute atomic E-state index is 0.0958. The van der Waals surface area contributed by atoms with E-state index >= 15 is 0 Å². The topological polar surface area (TPSA) is 98.5 Å². The number of benzene rings is 1. The smallest absolute Gasteiger partial charge is 0.237 e. The summed E-state index contributed by atoms with van der Waals surface area (Å²) >= 11 is 0. The van der Waals surface area contributed by atoms with Crippen LogP contribution in [0, 0.1) is 0 Å². The summed E-state index contributed by atoms with van der Waals surface area (Å²) in [4.78, 5) is 11.8. The van der Waals surface area contributed by atoms with Gasteiger partial charge in [-0.3, -0.25) is 4.79 Å². The van der Waals surface area contributed by atoms with E-state index in [-0.39, 0.29) is 18.1 Å². The highest BCUT2D eigenvalue weighted by Crippen LogP contribution is 2.13. The molecule has 0 fully saturated rings. The van der Waals surface area contributed by atoms with Crippen LogP contribution in [0.3, 0.4) is 0 Å². The fourth-order valence-electron chi connectivity index (χ4n) is 1.70. The molecule has 118 valence electrons. The van der Waals surface area contributed by atoms with Gasteiger partial charge in [0.05, 0.1) is 18.4 Å². The number of carbonyl (C=O) groups excluding carboxylic acids is 1. The second-order valence-electron chi connectivity index (χ2n) is 4.82. The molecule has 6 nitrogen and oxygen atoms in total. The van der Waals surface area contributed by atoms with Crippen molar-refractivity contribution < 1.29 is 17.9 Å². The number of nitrogens with two attached hydrogens (primary N) is 1. The Morgan fingerprint density at radius 3 is 2.76 bits per heavy atom. The van der Waals surface area contributed by atoms with Crippen LogP contribution in [0.4, 0.5) is 0 Å². The van der Waals surface area contributed by atoms with Crippen LogP contribution in [0.15, 0.2) is 24.3 Å². The number of carbonyl (C=O) groups is 1. The lowest BCUT2D eigenvalue weighted by atomic mass is 10.2. The van der Waals surface area contributed by atoms with Crippen molar-refractivity contribution in [2.45, 2.75) is 25.9 Å². The summed E-state index contributed by atoms with van der Waals surface area (Å²) in [6, 6.07) is 6.56. The number of amides is 1. The van der Waals surface area contributed by atoms with E-state index < -0.39 is 15.9 Å². The third-order valence-electron chi connectivity index (χ3n) is 2.81. The number of nitrogens with one attached hydrogen (secondary N) is 1. The Kier molecular flexibility index (Phi) is 6.64. The van der Waals surface area contributed by atoms with Crippen LogP contribution in [-0.4, -0.2) is 39.0 Å². The molecule has 1 rings (SSSR count). The van der Waals surface area contributed by atoms with E-state index in [1.807, 2.05) is 31.2 Å². The SMILES string of the molecule is CCOc1cccc(CNC(=O)C(N)CCS(C)(=O)=O)c1. The molecule has 0 aliphatic heterocycles. The Morgan fingerprint density at radius 1 is 1.43 bits per heavy atom. The maximum atomic E-state index is 11.8. The first kappa shape index (κ1) is 17.5. The minimum atomic E-state index is -3.11. The van der Waals surface area contributed by atoms with E-state index in [2.05, 4.69) is 5.32 Å². The van der Waals surface area contributed by atoms with Crippen molar-refractivity contribution in [3.8, 4) is 5.75 Å². The molecule has 1 aromatic rings. The van der Waals surface area contributed by atoms with Gasteiger partial charge in [0.1, 0.15) is 15.6 Å². The molecule has 0 radical (unpaired) electrons. The van der Waals surface area contributed by atoms with Gasteiger partial charge in [0, 0.05) is 12.8 Å². The third kappa shape index (κ3) is 7.10. The Bertz CT molecular complexity index is 572. The summed E-state index contributed by atoms with van der Waals surface area (Å²) < 4.78 is 27.4. The highest BCUT2D eigenvalue weighted by Gasteiger charge is 2.15. The predicted molar refractivity (Wildman–Crippen MR) is 81.8 cm³/mol. The van der Waals surface area contributed by atoms with E-state index in [1.54, 1.807) is 0 Å². The van der Waals surface area contributed by atoms with Gasteiger partial charge in [0.2, 0.25) is 5.91 Å². The highest BCUT2D eigenvalue weighted by atomic mass is 32.2. The second-order valence-corrected chi connectivity index (χ2v) is 7.08. The Labute approximate surface area is 125 Å². The number of ether oxygens (including phenoxy) is 1. The van der Waals surface area contributed by atoms with Gasteiger partial charge in [-0.05, 0) is 31.0 Å². The monoisotopic (exact) mass is 314 g/mol. The lowest BCUT2D eigenvalue weighted by Crippen LogP contribution is -2.41. The lowest BCUT2D eigenvalue weighted by molar-refractivity contribution is -0.122. The molecule has 1 aromatic carbocycles. The van der Waals surface area contributed by atoms with Crippen molar-refractivity contribution in [1.82, 2.24) is 5.32 Å². The molecule has 0 bridgehead atoms. The molecule has 1 atom stereocenters. The van der Waals surface area contributed by atoms with Crippen LogP contribution < -0.4 is 15.8 Å². The summed E-state index contributed by atoms with van der Waals surface area (Å²) in [5.74, 6) is 0.285. The maximum Gasteiger partial charge on any atom is 0.237 e. The molecule has 0 saturated heterocycles. The van der Waals surface area contributed by atoms with E-state index in [1.165, 1.54) is 0 Å². The van der Waals surface area contributed by atoms with Crippen molar-refractivity contribution in [1.29, 1.82) is 0 Å². The minimum Gasteiger partial charge on any atom is -0.494 e. The molecule has 0 spiro atoms. The molecule has 0 heterocycles. The van der Waals surface area contributed by atoms with Crippen LogP contribution in [-0.2, 0) is 21.2 Å². The molecule has 0 aliphatic carbocycles. The molecule has 21 heavy (non-hydrogen) atoms. The average molecular weight is 314 g/mol. The van der Waals surface area contributed by atoms with Crippen LogP contribution >= 0.6 is 0 Å². The Hall–Kier alpha value is -1.60.